The van der Waals surface area contributed by atoms with Gasteiger partial charge in [-0.15, -0.1) is 0 Å². The van der Waals surface area contributed by atoms with Crippen molar-refractivity contribution in [2.75, 3.05) is 0 Å². The van der Waals surface area contributed by atoms with Crippen molar-refractivity contribution in [2.45, 2.75) is 37.7 Å². The third-order valence-corrected chi connectivity index (χ3v) is 3.88. The molecular formula is C15H14FNO. The second-order valence-electron chi connectivity index (χ2n) is 5.11. The summed E-state index contributed by atoms with van der Waals surface area (Å²) in [6.45, 7) is 0. The maximum Gasteiger partial charge on any atom is 0.127 e. The Labute approximate surface area is 106 Å². The molecule has 0 radical (unpaired) electrons. The monoisotopic (exact) mass is 243 g/mol. The summed E-state index contributed by atoms with van der Waals surface area (Å²) in [6, 6.07) is 6.61. The van der Waals surface area contributed by atoms with Gasteiger partial charge in [-0.05, 0) is 49.5 Å². The van der Waals surface area contributed by atoms with Gasteiger partial charge in [0.2, 0.25) is 0 Å². The molecule has 1 spiro atoms. The predicted molar refractivity (Wildman–Crippen MR) is 66.4 cm³/mol. The number of rotatable bonds is 0. The number of nitriles is 1. The number of fused-ring (bicyclic) bond motifs is 1. The maximum atomic E-state index is 13.3. The fourth-order valence-electron chi connectivity index (χ4n) is 3.06. The number of benzene rings is 1. The Kier molecular flexibility index (Phi) is 2.59. The van der Waals surface area contributed by atoms with Gasteiger partial charge in [-0.3, -0.25) is 0 Å². The summed E-state index contributed by atoms with van der Waals surface area (Å²) in [4.78, 5) is 0. The molecule has 3 rings (SSSR count). The molecule has 1 fully saturated rings. The molecule has 1 aliphatic heterocycles. The third kappa shape index (κ3) is 1.78. The highest BCUT2D eigenvalue weighted by atomic mass is 19.1. The predicted octanol–water partition coefficient (Wildman–Crippen LogP) is 3.83. The van der Waals surface area contributed by atoms with Gasteiger partial charge in [-0.1, -0.05) is 0 Å². The van der Waals surface area contributed by atoms with Gasteiger partial charge in [-0.25, -0.2) is 4.39 Å². The number of hydrogen-bond donors (Lipinski definition) is 0. The highest BCUT2D eigenvalue weighted by Gasteiger charge is 2.40. The summed E-state index contributed by atoms with van der Waals surface area (Å²) < 4.78 is 19.4. The second-order valence-corrected chi connectivity index (χ2v) is 5.11. The first-order valence-electron chi connectivity index (χ1n) is 6.30. The van der Waals surface area contributed by atoms with Crippen LogP contribution in [0.5, 0.6) is 5.75 Å². The van der Waals surface area contributed by atoms with E-state index in [0.717, 1.165) is 43.2 Å². The molecule has 0 unspecified atom stereocenters. The number of ether oxygens (including phenoxy) is 1. The lowest BCUT2D eigenvalue weighted by Crippen LogP contribution is -2.36. The second kappa shape index (κ2) is 4.13. The van der Waals surface area contributed by atoms with Crippen LogP contribution in [-0.2, 0) is 0 Å². The largest absolute Gasteiger partial charge is 0.486 e. The van der Waals surface area contributed by atoms with Gasteiger partial charge < -0.3 is 4.74 Å². The lowest BCUT2D eigenvalue weighted by Gasteiger charge is -2.36. The van der Waals surface area contributed by atoms with Crippen molar-refractivity contribution in [2.24, 2.45) is 0 Å². The Morgan fingerprint density at radius 2 is 2.11 bits per heavy atom. The number of halogens is 1. The Balaban J connectivity index is 2.09. The topological polar surface area (TPSA) is 33.0 Å². The fourth-order valence-corrected chi connectivity index (χ4v) is 3.06. The highest BCUT2D eigenvalue weighted by molar-refractivity contribution is 5.74. The zero-order valence-corrected chi connectivity index (χ0v) is 10.1. The van der Waals surface area contributed by atoms with E-state index in [0.29, 0.717) is 5.75 Å². The van der Waals surface area contributed by atoms with E-state index in [-0.39, 0.29) is 11.4 Å². The normalized spacial score (nSPS) is 22.6. The molecule has 0 aromatic heterocycles. The molecule has 1 aromatic rings. The molecule has 0 saturated heterocycles. The van der Waals surface area contributed by atoms with Gasteiger partial charge in [0.05, 0.1) is 6.07 Å². The molecule has 0 amide bonds. The summed E-state index contributed by atoms with van der Waals surface area (Å²) in [5, 5.41) is 8.88. The van der Waals surface area contributed by atoms with E-state index in [9.17, 15) is 4.39 Å². The molecule has 1 saturated carbocycles. The zero-order chi connectivity index (χ0) is 12.6. The first kappa shape index (κ1) is 11.3. The summed E-state index contributed by atoms with van der Waals surface area (Å²) in [5.74, 6) is 0.426. The molecule has 18 heavy (non-hydrogen) atoms. The van der Waals surface area contributed by atoms with E-state index < -0.39 is 0 Å². The van der Waals surface area contributed by atoms with Gasteiger partial charge in [0.1, 0.15) is 17.2 Å². The van der Waals surface area contributed by atoms with Crippen LogP contribution < -0.4 is 4.74 Å². The zero-order valence-electron chi connectivity index (χ0n) is 10.1. The minimum Gasteiger partial charge on any atom is -0.486 e. The first-order valence-corrected chi connectivity index (χ1v) is 6.30. The molecular weight excluding hydrogens is 229 g/mol. The molecule has 92 valence electrons. The Morgan fingerprint density at radius 3 is 2.83 bits per heavy atom. The highest BCUT2D eigenvalue weighted by Crippen LogP contribution is 2.47. The van der Waals surface area contributed by atoms with Crippen molar-refractivity contribution in [3.63, 3.8) is 0 Å². The van der Waals surface area contributed by atoms with Crippen molar-refractivity contribution in [3.8, 4) is 11.8 Å². The van der Waals surface area contributed by atoms with E-state index in [4.69, 9.17) is 10.00 Å². The average Bonchev–Trinajstić information content (AvgIpc) is 2.79. The third-order valence-electron chi connectivity index (χ3n) is 3.88. The molecule has 2 nitrogen and oxygen atoms in total. The van der Waals surface area contributed by atoms with Crippen LogP contribution in [0.3, 0.4) is 0 Å². The molecule has 2 aliphatic rings. The van der Waals surface area contributed by atoms with Crippen molar-refractivity contribution in [3.05, 3.63) is 35.7 Å². The molecule has 0 atom stereocenters. The van der Waals surface area contributed by atoms with Crippen LogP contribution in [0.15, 0.2) is 24.3 Å². The molecule has 1 heterocycles. The van der Waals surface area contributed by atoms with Gasteiger partial charge >= 0.3 is 0 Å². The standard InChI is InChI=1S/C15H14FNO/c16-12-3-4-14-13(9-12)11(5-8-17)10-15(18-14)6-1-2-7-15/h3-5,9H,1-2,6-7,10H2/b11-5-. The van der Waals surface area contributed by atoms with E-state index in [1.165, 1.54) is 18.2 Å². The molecule has 0 bridgehead atoms. The van der Waals surface area contributed by atoms with Gasteiger partial charge in [0.25, 0.3) is 0 Å². The van der Waals surface area contributed by atoms with Crippen LogP contribution in [0.2, 0.25) is 0 Å². The summed E-state index contributed by atoms with van der Waals surface area (Å²) in [6.07, 6.45) is 6.61. The van der Waals surface area contributed by atoms with Crippen LogP contribution in [0.1, 0.15) is 37.7 Å². The Morgan fingerprint density at radius 1 is 1.33 bits per heavy atom. The number of nitrogens with zero attached hydrogens (tertiary/aromatic N) is 1. The van der Waals surface area contributed by atoms with Crippen molar-refractivity contribution in [1.82, 2.24) is 0 Å². The quantitative estimate of drug-likeness (QED) is 0.649. The minimum absolute atomic E-state index is 0.159. The maximum absolute atomic E-state index is 13.3. The Bertz CT molecular complexity index is 550. The smallest absolute Gasteiger partial charge is 0.127 e. The van der Waals surface area contributed by atoms with Crippen LogP contribution in [0.4, 0.5) is 4.39 Å². The minimum atomic E-state index is -0.288. The Hall–Kier alpha value is -1.82. The molecule has 0 N–H and O–H groups in total. The van der Waals surface area contributed by atoms with Gasteiger partial charge in [0.15, 0.2) is 0 Å². The SMILES string of the molecule is N#C/C=C1/CC2(CCCC2)Oc2ccc(F)cc21. The number of hydrogen-bond acceptors (Lipinski definition) is 2. The van der Waals surface area contributed by atoms with Crippen LogP contribution >= 0.6 is 0 Å². The van der Waals surface area contributed by atoms with E-state index in [2.05, 4.69) is 6.07 Å². The van der Waals surface area contributed by atoms with Crippen LogP contribution in [0, 0.1) is 17.1 Å². The van der Waals surface area contributed by atoms with Crippen molar-refractivity contribution >= 4 is 5.57 Å². The fraction of sp³-hybridized carbons (Fsp3) is 0.400. The van der Waals surface area contributed by atoms with Crippen molar-refractivity contribution < 1.29 is 9.13 Å². The van der Waals surface area contributed by atoms with Crippen molar-refractivity contribution in [1.29, 1.82) is 5.26 Å². The van der Waals surface area contributed by atoms with E-state index in [1.54, 1.807) is 6.07 Å². The molecule has 1 aromatic carbocycles. The lowest BCUT2D eigenvalue weighted by molar-refractivity contribution is 0.0745. The van der Waals surface area contributed by atoms with Crippen LogP contribution in [0.25, 0.3) is 5.57 Å². The molecule has 1 aliphatic carbocycles. The van der Waals surface area contributed by atoms with Crippen LogP contribution in [-0.4, -0.2) is 5.60 Å². The average molecular weight is 243 g/mol. The van der Waals surface area contributed by atoms with Gasteiger partial charge in [0, 0.05) is 18.1 Å². The number of allylic oxidation sites excluding steroid dienone is 1. The summed E-state index contributed by atoms with van der Waals surface area (Å²) >= 11 is 0. The lowest BCUT2D eigenvalue weighted by atomic mass is 9.85. The molecule has 3 heteroatoms. The first-order chi connectivity index (χ1) is 8.72. The summed E-state index contributed by atoms with van der Waals surface area (Å²) in [7, 11) is 0. The van der Waals surface area contributed by atoms with E-state index in [1.807, 2.05) is 0 Å². The van der Waals surface area contributed by atoms with E-state index >= 15 is 0 Å². The van der Waals surface area contributed by atoms with Gasteiger partial charge in [-0.2, -0.15) is 5.26 Å². The summed E-state index contributed by atoms with van der Waals surface area (Å²) in [5.41, 5.74) is 1.47.